The first-order valence-corrected chi connectivity index (χ1v) is 9.45. The van der Waals surface area contributed by atoms with Gasteiger partial charge in [0.15, 0.2) is 0 Å². The van der Waals surface area contributed by atoms with Gasteiger partial charge in [-0.25, -0.2) is 0 Å². The first kappa shape index (κ1) is 17.9. The number of piperidine rings is 1. The molecule has 2 heterocycles. The summed E-state index contributed by atoms with van der Waals surface area (Å²) in [6.45, 7) is 7.53. The van der Waals surface area contributed by atoms with Gasteiger partial charge >= 0.3 is 0 Å². The number of carbonyl (C=O) groups is 2. The Bertz CT molecular complexity index is 631. The van der Waals surface area contributed by atoms with E-state index in [1.807, 2.05) is 17.0 Å². The van der Waals surface area contributed by atoms with Gasteiger partial charge in [-0.1, -0.05) is 31.2 Å². The van der Waals surface area contributed by atoms with Crippen molar-refractivity contribution in [3.8, 4) is 0 Å². The number of fused-ring (bicyclic) bond motifs is 1. The predicted octanol–water partition coefficient (Wildman–Crippen LogP) is 2.12. The average Bonchev–Trinajstić information content (AvgIpc) is 2.61. The minimum atomic E-state index is -0.145. The van der Waals surface area contributed by atoms with Gasteiger partial charge in [0.25, 0.3) is 0 Å². The van der Waals surface area contributed by atoms with Crippen molar-refractivity contribution in [1.29, 1.82) is 0 Å². The predicted molar refractivity (Wildman–Crippen MR) is 98.2 cm³/mol. The van der Waals surface area contributed by atoms with Gasteiger partial charge in [0.1, 0.15) is 0 Å². The van der Waals surface area contributed by atoms with Crippen LogP contribution in [0.4, 0.5) is 0 Å². The lowest BCUT2D eigenvalue weighted by Crippen LogP contribution is -2.48. The number of nitrogens with one attached hydrogen (secondary N) is 1. The Kier molecular flexibility index (Phi) is 5.74. The van der Waals surface area contributed by atoms with E-state index < -0.39 is 0 Å². The Hall–Kier alpha value is -1.88. The molecule has 2 amide bonds. The monoisotopic (exact) mass is 343 g/mol. The van der Waals surface area contributed by atoms with Crippen LogP contribution in [0.2, 0.25) is 0 Å². The van der Waals surface area contributed by atoms with E-state index in [-0.39, 0.29) is 23.9 Å². The van der Waals surface area contributed by atoms with Gasteiger partial charge in [0.2, 0.25) is 11.8 Å². The fourth-order valence-corrected chi connectivity index (χ4v) is 4.17. The molecule has 3 rings (SSSR count). The lowest BCUT2D eigenvalue weighted by Gasteiger charge is -2.37. The van der Waals surface area contributed by atoms with Crippen LogP contribution < -0.4 is 5.32 Å². The highest BCUT2D eigenvalue weighted by Gasteiger charge is 2.31. The summed E-state index contributed by atoms with van der Waals surface area (Å²) >= 11 is 0. The second-order valence-corrected chi connectivity index (χ2v) is 7.18. The summed E-state index contributed by atoms with van der Waals surface area (Å²) in [5.41, 5.74) is 2.38. The molecule has 0 saturated carbocycles. The van der Waals surface area contributed by atoms with E-state index in [1.165, 1.54) is 5.56 Å². The van der Waals surface area contributed by atoms with Crippen molar-refractivity contribution in [3.05, 3.63) is 35.4 Å². The third kappa shape index (κ3) is 4.21. The number of nitrogens with zero attached hydrogens (tertiary/aromatic N) is 2. The Morgan fingerprint density at radius 2 is 2.04 bits per heavy atom. The average molecular weight is 343 g/mol. The maximum atomic E-state index is 12.7. The molecule has 0 spiro atoms. The molecule has 0 aromatic heterocycles. The molecule has 1 saturated heterocycles. The van der Waals surface area contributed by atoms with E-state index in [0.717, 1.165) is 44.5 Å². The maximum absolute atomic E-state index is 12.7. The van der Waals surface area contributed by atoms with Crippen LogP contribution >= 0.6 is 0 Å². The molecule has 0 bridgehead atoms. The molecule has 2 aliphatic rings. The Balaban J connectivity index is 1.68. The molecule has 5 heteroatoms. The Morgan fingerprint density at radius 1 is 1.24 bits per heavy atom. The van der Waals surface area contributed by atoms with Crippen LogP contribution in [0.3, 0.4) is 0 Å². The number of likely N-dealkylation sites (tertiary alicyclic amines) is 1. The van der Waals surface area contributed by atoms with Gasteiger partial charge in [-0.05, 0) is 43.5 Å². The number of amides is 2. The number of hydrogen-bond acceptors (Lipinski definition) is 3. The molecule has 1 aromatic rings. The third-order valence-corrected chi connectivity index (χ3v) is 5.51. The van der Waals surface area contributed by atoms with Crippen molar-refractivity contribution in [2.45, 2.75) is 51.6 Å². The van der Waals surface area contributed by atoms with Crippen LogP contribution in [-0.4, -0.2) is 53.8 Å². The molecule has 2 atom stereocenters. The molecule has 5 nitrogen and oxygen atoms in total. The van der Waals surface area contributed by atoms with Gasteiger partial charge in [0.05, 0.1) is 12.5 Å². The maximum Gasteiger partial charge on any atom is 0.222 e. The van der Waals surface area contributed by atoms with Crippen LogP contribution in [-0.2, 0) is 16.0 Å². The van der Waals surface area contributed by atoms with Crippen molar-refractivity contribution >= 4 is 11.8 Å². The molecule has 1 fully saturated rings. The number of likely N-dealkylation sites (N-methyl/N-ethyl adjacent to an activating group) is 1. The van der Waals surface area contributed by atoms with E-state index in [9.17, 15) is 9.59 Å². The van der Waals surface area contributed by atoms with Crippen LogP contribution in [0.25, 0.3) is 0 Å². The van der Waals surface area contributed by atoms with Crippen molar-refractivity contribution in [2.24, 2.45) is 0 Å². The van der Waals surface area contributed by atoms with Crippen molar-refractivity contribution < 1.29 is 9.59 Å². The number of hydrogen-bond donors (Lipinski definition) is 1. The van der Waals surface area contributed by atoms with E-state index in [1.54, 1.807) is 6.92 Å². The number of carbonyl (C=O) groups excluding carboxylic acids is 2. The zero-order valence-electron chi connectivity index (χ0n) is 15.3. The molecule has 1 aromatic carbocycles. The zero-order chi connectivity index (χ0) is 17.8. The number of benzene rings is 1. The van der Waals surface area contributed by atoms with Crippen LogP contribution in [0.15, 0.2) is 24.3 Å². The summed E-state index contributed by atoms with van der Waals surface area (Å²) in [7, 11) is 0. The fraction of sp³-hybridized carbons (Fsp3) is 0.600. The first-order chi connectivity index (χ1) is 12.1. The van der Waals surface area contributed by atoms with Crippen molar-refractivity contribution in [1.82, 2.24) is 15.1 Å². The van der Waals surface area contributed by atoms with E-state index in [4.69, 9.17) is 0 Å². The standard InChI is InChI=1S/C20H29N3O2/c1-3-22-11-6-8-17(14-22)21-20(25)13-19-18-9-5-4-7-16(18)10-12-23(19)15(2)24/h4-5,7,9,17,19H,3,6,8,10-14H2,1-2H3,(H,21,25)/t17-,19-/m1/s1. The van der Waals surface area contributed by atoms with Gasteiger partial charge < -0.3 is 15.1 Å². The Labute approximate surface area is 150 Å². The Morgan fingerprint density at radius 3 is 2.80 bits per heavy atom. The normalized spacial score (nSPS) is 23.8. The summed E-state index contributed by atoms with van der Waals surface area (Å²) in [5, 5.41) is 3.20. The van der Waals surface area contributed by atoms with Crippen LogP contribution in [0.5, 0.6) is 0 Å². The minimum Gasteiger partial charge on any atom is -0.352 e. The quantitative estimate of drug-likeness (QED) is 0.911. The van der Waals surface area contributed by atoms with Crippen LogP contribution in [0, 0.1) is 0 Å². The lowest BCUT2D eigenvalue weighted by molar-refractivity contribution is -0.133. The van der Waals surface area contributed by atoms with Crippen LogP contribution in [0.1, 0.15) is 50.3 Å². The summed E-state index contributed by atoms with van der Waals surface area (Å²) in [6, 6.07) is 8.27. The van der Waals surface area contributed by atoms with E-state index in [0.29, 0.717) is 13.0 Å². The molecule has 2 aliphatic heterocycles. The molecule has 0 unspecified atom stereocenters. The third-order valence-electron chi connectivity index (χ3n) is 5.51. The summed E-state index contributed by atoms with van der Waals surface area (Å²) < 4.78 is 0. The summed E-state index contributed by atoms with van der Waals surface area (Å²) in [6.07, 6.45) is 3.38. The molecule has 136 valence electrons. The van der Waals surface area contributed by atoms with Gasteiger partial charge in [-0.15, -0.1) is 0 Å². The fourth-order valence-electron chi connectivity index (χ4n) is 4.17. The summed E-state index contributed by atoms with van der Waals surface area (Å²) in [5.74, 6) is 0.0954. The lowest BCUT2D eigenvalue weighted by atomic mass is 9.90. The molecule has 1 N–H and O–H groups in total. The summed E-state index contributed by atoms with van der Waals surface area (Å²) in [4.78, 5) is 29.0. The SMILES string of the molecule is CCN1CCC[C@@H](NC(=O)C[C@@H]2c3ccccc3CCN2C(C)=O)C1. The highest BCUT2D eigenvalue weighted by molar-refractivity contribution is 5.80. The molecular weight excluding hydrogens is 314 g/mol. The topological polar surface area (TPSA) is 52.7 Å². The molecule has 0 aliphatic carbocycles. The molecule has 0 radical (unpaired) electrons. The van der Waals surface area contributed by atoms with Crippen molar-refractivity contribution in [2.75, 3.05) is 26.2 Å². The highest BCUT2D eigenvalue weighted by Crippen LogP contribution is 2.32. The van der Waals surface area contributed by atoms with Gasteiger partial charge in [-0.3, -0.25) is 9.59 Å². The highest BCUT2D eigenvalue weighted by atomic mass is 16.2. The van der Waals surface area contributed by atoms with Crippen molar-refractivity contribution in [3.63, 3.8) is 0 Å². The van der Waals surface area contributed by atoms with Gasteiger partial charge in [-0.2, -0.15) is 0 Å². The first-order valence-electron chi connectivity index (χ1n) is 9.45. The second kappa shape index (κ2) is 8.00. The smallest absolute Gasteiger partial charge is 0.222 e. The zero-order valence-corrected chi connectivity index (χ0v) is 15.3. The minimum absolute atomic E-state index is 0.0436. The van der Waals surface area contributed by atoms with E-state index in [2.05, 4.69) is 29.3 Å². The number of rotatable bonds is 4. The molecule has 25 heavy (non-hydrogen) atoms. The molecular formula is C20H29N3O2. The van der Waals surface area contributed by atoms with Gasteiger partial charge in [0, 0.05) is 26.1 Å². The largest absolute Gasteiger partial charge is 0.352 e. The van der Waals surface area contributed by atoms with E-state index >= 15 is 0 Å². The second-order valence-electron chi connectivity index (χ2n) is 7.18.